The van der Waals surface area contributed by atoms with Crippen LogP contribution in [0.4, 0.5) is 5.69 Å². The lowest BCUT2D eigenvalue weighted by molar-refractivity contribution is -0.117. The molecule has 0 bridgehead atoms. The van der Waals surface area contributed by atoms with E-state index in [4.69, 9.17) is 4.42 Å². The summed E-state index contributed by atoms with van der Waals surface area (Å²) in [5.74, 6) is 1.71. The molecular weight excluding hydrogens is 328 g/mol. The van der Waals surface area contributed by atoms with E-state index in [-0.39, 0.29) is 12.5 Å². The van der Waals surface area contributed by atoms with Crippen molar-refractivity contribution in [3.05, 3.63) is 59.5 Å². The lowest BCUT2D eigenvalue weighted by Gasteiger charge is -2.29. The van der Waals surface area contributed by atoms with Gasteiger partial charge in [0.15, 0.2) is 5.76 Å². The average molecular weight is 350 g/mol. The van der Waals surface area contributed by atoms with Gasteiger partial charge >= 0.3 is 0 Å². The maximum atomic E-state index is 12.7. The van der Waals surface area contributed by atoms with Crippen LogP contribution in [0.3, 0.4) is 0 Å². The predicted molar refractivity (Wildman–Crippen MR) is 99.8 cm³/mol. The van der Waals surface area contributed by atoms with Crippen LogP contribution in [-0.4, -0.2) is 29.2 Å². The fourth-order valence-corrected chi connectivity index (χ4v) is 3.42. The third-order valence-corrected chi connectivity index (χ3v) is 4.71. The fourth-order valence-electron chi connectivity index (χ4n) is 3.42. The Kier molecular flexibility index (Phi) is 4.58. The molecule has 0 atom stereocenters. The summed E-state index contributed by atoms with van der Waals surface area (Å²) in [4.78, 5) is 14.6. The predicted octanol–water partition coefficient (Wildman–Crippen LogP) is 3.05. The second-order valence-corrected chi connectivity index (χ2v) is 6.56. The van der Waals surface area contributed by atoms with E-state index < -0.39 is 0 Å². The molecule has 1 aromatic carbocycles. The molecule has 3 aromatic rings. The van der Waals surface area contributed by atoms with Gasteiger partial charge in [-0.2, -0.15) is 5.10 Å². The minimum Gasteiger partial charge on any atom is -0.460 e. The first kappa shape index (κ1) is 16.6. The van der Waals surface area contributed by atoms with Crippen LogP contribution < -0.4 is 10.2 Å². The van der Waals surface area contributed by atoms with Crippen molar-refractivity contribution < 1.29 is 9.21 Å². The summed E-state index contributed by atoms with van der Waals surface area (Å²) in [5, 5.41) is 10.3. The number of nitrogens with zero attached hydrogens (tertiary/aromatic N) is 2. The molecule has 0 fully saturated rings. The van der Waals surface area contributed by atoms with Gasteiger partial charge < -0.3 is 14.6 Å². The molecule has 1 aliphatic rings. The Balaban J connectivity index is 1.39. The SMILES string of the molecule is Cc1ccc(-c2[nH]ncc2CNCC(=O)N2CCCc3ccccc32)o1. The van der Waals surface area contributed by atoms with Crippen molar-refractivity contribution in [3.8, 4) is 11.5 Å². The van der Waals surface area contributed by atoms with Gasteiger partial charge in [-0.3, -0.25) is 9.89 Å². The minimum absolute atomic E-state index is 0.0936. The molecule has 0 saturated carbocycles. The van der Waals surface area contributed by atoms with E-state index in [1.165, 1.54) is 5.56 Å². The third kappa shape index (κ3) is 3.28. The first-order valence-electron chi connectivity index (χ1n) is 8.90. The van der Waals surface area contributed by atoms with E-state index in [2.05, 4.69) is 21.6 Å². The van der Waals surface area contributed by atoms with Gasteiger partial charge in [-0.1, -0.05) is 18.2 Å². The standard InChI is InChI=1S/C20H22N4O2/c1-14-8-9-18(26-14)20-16(12-22-23-20)11-21-13-19(25)24-10-4-6-15-5-2-3-7-17(15)24/h2-3,5,7-9,12,21H,4,6,10-11,13H2,1H3,(H,22,23). The van der Waals surface area contributed by atoms with Crippen molar-refractivity contribution in [2.45, 2.75) is 26.3 Å². The Morgan fingerprint density at radius 1 is 1.31 bits per heavy atom. The molecule has 0 spiro atoms. The Bertz CT molecular complexity index is 912. The van der Waals surface area contributed by atoms with Gasteiger partial charge in [0.05, 0.1) is 12.7 Å². The highest BCUT2D eigenvalue weighted by atomic mass is 16.3. The zero-order chi connectivity index (χ0) is 17.9. The normalized spacial score (nSPS) is 13.7. The highest BCUT2D eigenvalue weighted by Crippen LogP contribution is 2.26. The average Bonchev–Trinajstić information content (AvgIpc) is 3.29. The summed E-state index contributed by atoms with van der Waals surface area (Å²) in [6, 6.07) is 12.0. The maximum Gasteiger partial charge on any atom is 0.240 e. The number of aromatic amines is 1. The van der Waals surface area contributed by atoms with E-state index in [0.29, 0.717) is 6.54 Å². The molecule has 2 aromatic heterocycles. The van der Waals surface area contributed by atoms with E-state index >= 15 is 0 Å². The van der Waals surface area contributed by atoms with Crippen molar-refractivity contribution >= 4 is 11.6 Å². The molecule has 3 heterocycles. The van der Waals surface area contributed by atoms with Crippen molar-refractivity contribution in [2.24, 2.45) is 0 Å². The number of carbonyl (C=O) groups is 1. The molecule has 6 heteroatoms. The number of H-pyrrole nitrogens is 1. The van der Waals surface area contributed by atoms with Gasteiger partial charge in [-0.05, 0) is 43.5 Å². The molecule has 26 heavy (non-hydrogen) atoms. The fraction of sp³-hybridized carbons (Fsp3) is 0.300. The zero-order valence-electron chi connectivity index (χ0n) is 14.8. The summed E-state index contributed by atoms with van der Waals surface area (Å²) in [7, 11) is 0. The maximum absolute atomic E-state index is 12.7. The number of para-hydroxylation sites is 1. The van der Waals surface area contributed by atoms with E-state index in [1.54, 1.807) is 6.20 Å². The number of aryl methyl sites for hydroxylation is 2. The lowest BCUT2D eigenvalue weighted by atomic mass is 10.0. The van der Waals surface area contributed by atoms with Crippen LogP contribution in [0.2, 0.25) is 0 Å². The molecule has 6 nitrogen and oxygen atoms in total. The number of nitrogens with one attached hydrogen (secondary N) is 2. The quantitative estimate of drug-likeness (QED) is 0.742. The van der Waals surface area contributed by atoms with Gasteiger partial charge in [0, 0.05) is 24.3 Å². The molecule has 4 rings (SSSR count). The van der Waals surface area contributed by atoms with Gasteiger partial charge in [0.2, 0.25) is 5.91 Å². The smallest absolute Gasteiger partial charge is 0.240 e. The van der Waals surface area contributed by atoms with Crippen molar-refractivity contribution in [1.82, 2.24) is 15.5 Å². The summed E-state index contributed by atoms with van der Waals surface area (Å²) in [5.41, 5.74) is 4.12. The highest BCUT2D eigenvalue weighted by molar-refractivity contribution is 5.95. The molecule has 134 valence electrons. The number of hydrogen-bond acceptors (Lipinski definition) is 4. The first-order valence-corrected chi connectivity index (χ1v) is 8.90. The Morgan fingerprint density at radius 2 is 2.19 bits per heavy atom. The van der Waals surface area contributed by atoms with Crippen LogP contribution in [0.1, 0.15) is 23.3 Å². The van der Waals surface area contributed by atoms with E-state index in [0.717, 1.165) is 47.9 Å². The van der Waals surface area contributed by atoms with Crippen molar-refractivity contribution in [3.63, 3.8) is 0 Å². The molecule has 0 saturated heterocycles. The lowest BCUT2D eigenvalue weighted by Crippen LogP contribution is -2.41. The Hall–Kier alpha value is -2.86. The third-order valence-electron chi connectivity index (χ3n) is 4.71. The molecule has 1 aliphatic heterocycles. The molecule has 2 N–H and O–H groups in total. The number of furan rings is 1. The molecule has 0 unspecified atom stereocenters. The summed E-state index contributed by atoms with van der Waals surface area (Å²) in [6.07, 6.45) is 3.81. The summed E-state index contributed by atoms with van der Waals surface area (Å²) < 4.78 is 5.66. The topological polar surface area (TPSA) is 74.2 Å². The Morgan fingerprint density at radius 3 is 3.04 bits per heavy atom. The van der Waals surface area contributed by atoms with Crippen LogP contribution in [0.5, 0.6) is 0 Å². The van der Waals surface area contributed by atoms with Gasteiger partial charge in [0.1, 0.15) is 11.5 Å². The van der Waals surface area contributed by atoms with Crippen LogP contribution in [-0.2, 0) is 17.8 Å². The molecule has 0 aliphatic carbocycles. The second kappa shape index (κ2) is 7.17. The van der Waals surface area contributed by atoms with Crippen LogP contribution in [0, 0.1) is 6.92 Å². The number of rotatable bonds is 5. The van der Waals surface area contributed by atoms with E-state index in [9.17, 15) is 4.79 Å². The molecular formula is C20H22N4O2. The van der Waals surface area contributed by atoms with Crippen molar-refractivity contribution in [1.29, 1.82) is 0 Å². The number of aromatic nitrogens is 2. The summed E-state index contributed by atoms with van der Waals surface area (Å²) >= 11 is 0. The first-order chi connectivity index (χ1) is 12.7. The second-order valence-electron chi connectivity index (χ2n) is 6.56. The number of benzene rings is 1. The molecule has 1 amide bonds. The van der Waals surface area contributed by atoms with Crippen LogP contribution in [0.25, 0.3) is 11.5 Å². The minimum atomic E-state index is 0.0936. The Labute approximate surface area is 152 Å². The van der Waals surface area contributed by atoms with Crippen LogP contribution in [0.15, 0.2) is 47.0 Å². The van der Waals surface area contributed by atoms with Gasteiger partial charge in [-0.15, -0.1) is 0 Å². The summed E-state index contributed by atoms with van der Waals surface area (Å²) in [6.45, 7) is 3.52. The number of anilines is 1. The van der Waals surface area contributed by atoms with E-state index in [1.807, 2.05) is 42.2 Å². The largest absolute Gasteiger partial charge is 0.460 e. The number of amides is 1. The van der Waals surface area contributed by atoms with Gasteiger partial charge in [0.25, 0.3) is 0 Å². The highest BCUT2D eigenvalue weighted by Gasteiger charge is 2.21. The number of hydrogen-bond donors (Lipinski definition) is 2. The monoisotopic (exact) mass is 350 g/mol. The van der Waals surface area contributed by atoms with Crippen molar-refractivity contribution in [2.75, 3.05) is 18.0 Å². The number of fused-ring (bicyclic) bond motifs is 1. The van der Waals surface area contributed by atoms with Gasteiger partial charge in [-0.25, -0.2) is 0 Å². The zero-order valence-corrected chi connectivity index (χ0v) is 14.8. The van der Waals surface area contributed by atoms with Crippen LogP contribution >= 0.6 is 0 Å². The molecule has 0 radical (unpaired) electrons. The number of carbonyl (C=O) groups excluding carboxylic acids is 1.